The number of anilines is 1. The van der Waals surface area contributed by atoms with Crippen LogP contribution in [0.2, 0.25) is 0 Å². The number of carbonyl (C=O) groups excluding carboxylic acids is 2. The molecule has 3 N–H and O–H groups in total. The van der Waals surface area contributed by atoms with Gasteiger partial charge in [0, 0.05) is 10.8 Å². The summed E-state index contributed by atoms with van der Waals surface area (Å²) < 4.78 is 0. The van der Waals surface area contributed by atoms with Gasteiger partial charge in [-0.2, -0.15) is 0 Å². The Kier molecular flexibility index (Phi) is 4.62. The molecule has 118 valence electrons. The number of thiophene rings is 1. The van der Waals surface area contributed by atoms with E-state index in [-0.39, 0.29) is 11.8 Å². The average Bonchev–Trinajstić information content (AvgIpc) is 2.69. The molecule has 0 aliphatic heterocycles. The van der Waals surface area contributed by atoms with Crippen molar-refractivity contribution in [1.29, 1.82) is 0 Å². The standard InChI is InChI=1S/C17H22N2O2S/c18-15(20)14-12-9-5-2-6-10-13(12)22-17(14)19-16(21)11-7-3-1-4-8-11/h1,3,11H,2,4-10H2,(H2,18,20)(H,19,21). The van der Waals surface area contributed by atoms with Gasteiger partial charge in [0.15, 0.2) is 0 Å². The van der Waals surface area contributed by atoms with E-state index in [1.807, 2.05) is 0 Å². The van der Waals surface area contributed by atoms with E-state index >= 15 is 0 Å². The van der Waals surface area contributed by atoms with Crippen LogP contribution in [0.4, 0.5) is 5.00 Å². The van der Waals surface area contributed by atoms with Gasteiger partial charge in [0.2, 0.25) is 5.91 Å². The van der Waals surface area contributed by atoms with E-state index in [0.29, 0.717) is 10.6 Å². The number of aryl methyl sites for hydroxylation is 1. The van der Waals surface area contributed by atoms with Crippen molar-refractivity contribution in [3.63, 3.8) is 0 Å². The third-order valence-electron chi connectivity index (χ3n) is 4.54. The highest BCUT2D eigenvalue weighted by atomic mass is 32.1. The fourth-order valence-corrected chi connectivity index (χ4v) is 4.63. The lowest BCUT2D eigenvalue weighted by Gasteiger charge is -2.17. The topological polar surface area (TPSA) is 72.2 Å². The minimum Gasteiger partial charge on any atom is -0.365 e. The molecule has 0 spiro atoms. The molecular weight excluding hydrogens is 296 g/mol. The van der Waals surface area contributed by atoms with Gasteiger partial charge in [0.25, 0.3) is 5.91 Å². The molecule has 2 amide bonds. The molecule has 0 saturated carbocycles. The number of hydrogen-bond acceptors (Lipinski definition) is 3. The largest absolute Gasteiger partial charge is 0.365 e. The fourth-order valence-electron chi connectivity index (χ4n) is 3.34. The van der Waals surface area contributed by atoms with Crippen molar-refractivity contribution in [2.75, 3.05) is 5.32 Å². The molecule has 0 aromatic carbocycles. The highest BCUT2D eigenvalue weighted by Crippen LogP contribution is 2.37. The number of allylic oxidation sites excluding steroid dienone is 2. The number of nitrogens with one attached hydrogen (secondary N) is 1. The summed E-state index contributed by atoms with van der Waals surface area (Å²) >= 11 is 1.55. The maximum atomic E-state index is 12.4. The first-order chi connectivity index (χ1) is 10.7. The SMILES string of the molecule is NC(=O)c1c(NC(=O)C2CC=CCC2)sc2c1CCCCC2. The Balaban J connectivity index is 1.85. The van der Waals surface area contributed by atoms with E-state index in [1.165, 1.54) is 11.3 Å². The summed E-state index contributed by atoms with van der Waals surface area (Å²) in [5.41, 5.74) is 7.23. The molecule has 1 unspecified atom stereocenters. The molecule has 0 bridgehead atoms. The summed E-state index contributed by atoms with van der Waals surface area (Å²) in [7, 11) is 0. The number of nitrogens with two attached hydrogens (primary N) is 1. The van der Waals surface area contributed by atoms with Gasteiger partial charge in [-0.25, -0.2) is 0 Å². The van der Waals surface area contributed by atoms with Gasteiger partial charge in [0.05, 0.1) is 5.56 Å². The second-order valence-corrected chi connectivity index (χ2v) is 7.21. The number of primary amides is 1. The van der Waals surface area contributed by atoms with Crippen LogP contribution in [-0.2, 0) is 17.6 Å². The number of hydrogen-bond donors (Lipinski definition) is 2. The third-order valence-corrected chi connectivity index (χ3v) is 5.75. The Bertz CT molecular complexity index is 618. The van der Waals surface area contributed by atoms with Crippen molar-refractivity contribution >= 4 is 28.2 Å². The van der Waals surface area contributed by atoms with Gasteiger partial charge < -0.3 is 11.1 Å². The third kappa shape index (κ3) is 3.09. The fraction of sp³-hybridized carbons (Fsp3) is 0.529. The van der Waals surface area contributed by atoms with Crippen LogP contribution in [0.3, 0.4) is 0 Å². The maximum Gasteiger partial charge on any atom is 0.251 e. The van der Waals surface area contributed by atoms with Crippen LogP contribution in [-0.4, -0.2) is 11.8 Å². The van der Waals surface area contributed by atoms with Crippen LogP contribution < -0.4 is 11.1 Å². The summed E-state index contributed by atoms with van der Waals surface area (Å²) in [4.78, 5) is 25.6. The highest BCUT2D eigenvalue weighted by molar-refractivity contribution is 7.17. The minimum atomic E-state index is -0.418. The molecule has 22 heavy (non-hydrogen) atoms. The van der Waals surface area contributed by atoms with Crippen LogP contribution in [0.15, 0.2) is 12.2 Å². The zero-order valence-corrected chi connectivity index (χ0v) is 13.5. The van der Waals surface area contributed by atoms with E-state index < -0.39 is 5.91 Å². The first kappa shape index (κ1) is 15.3. The van der Waals surface area contributed by atoms with Crippen molar-refractivity contribution < 1.29 is 9.59 Å². The Morgan fingerprint density at radius 3 is 2.73 bits per heavy atom. The lowest BCUT2D eigenvalue weighted by molar-refractivity contribution is -0.120. The van der Waals surface area contributed by atoms with Crippen molar-refractivity contribution in [3.8, 4) is 0 Å². The second-order valence-electron chi connectivity index (χ2n) is 6.10. The quantitative estimate of drug-likeness (QED) is 0.662. The number of amides is 2. The smallest absolute Gasteiger partial charge is 0.251 e. The van der Waals surface area contributed by atoms with Gasteiger partial charge >= 0.3 is 0 Å². The zero-order chi connectivity index (χ0) is 15.5. The Hall–Kier alpha value is -1.62. The van der Waals surface area contributed by atoms with Crippen molar-refractivity contribution in [3.05, 3.63) is 28.2 Å². The van der Waals surface area contributed by atoms with Gasteiger partial charge in [-0.05, 0) is 50.5 Å². The van der Waals surface area contributed by atoms with Crippen molar-refractivity contribution in [2.45, 2.75) is 51.4 Å². The molecule has 1 aromatic heterocycles. The second kappa shape index (κ2) is 6.65. The summed E-state index contributed by atoms with van der Waals surface area (Å²) in [6.45, 7) is 0. The number of rotatable bonds is 3. The van der Waals surface area contributed by atoms with Gasteiger partial charge in [-0.15, -0.1) is 11.3 Å². The molecule has 4 nitrogen and oxygen atoms in total. The zero-order valence-electron chi connectivity index (χ0n) is 12.7. The van der Waals surface area contributed by atoms with Crippen LogP contribution >= 0.6 is 11.3 Å². The average molecular weight is 318 g/mol. The number of fused-ring (bicyclic) bond motifs is 1. The van der Waals surface area contributed by atoms with Crippen molar-refractivity contribution in [2.24, 2.45) is 11.7 Å². The lowest BCUT2D eigenvalue weighted by Crippen LogP contribution is -2.24. The number of carbonyl (C=O) groups is 2. The molecule has 1 atom stereocenters. The minimum absolute atomic E-state index is 0.00707. The predicted octanol–water partition coefficient (Wildman–Crippen LogP) is 3.41. The van der Waals surface area contributed by atoms with E-state index in [2.05, 4.69) is 17.5 Å². The highest BCUT2D eigenvalue weighted by Gasteiger charge is 2.26. The molecule has 5 heteroatoms. The van der Waals surface area contributed by atoms with Crippen LogP contribution in [0, 0.1) is 5.92 Å². The summed E-state index contributed by atoms with van der Waals surface area (Å²) in [6.07, 6.45) is 12.1. The molecule has 0 saturated heterocycles. The monoisotopic (exact) mass is 318 g/mol. The molecule has 0 fully saturated rings. The van der Waals surface area contributed by atoms with Crippen molar-refractivity contribution in [1.82, 2.24) is 0 Å². The molecule has 0 radical (unpaired) electrons. The van der Waals surface area contributed by atoms with Gasteiger partial charge in [-0.3, -0.25) is 9.59 Å². The summed E-state index contributed by atoms with van der Waals surface area (Å²) in [6, 6.07) is 0. The first-order valence-electron chi connectivity index (χ1n) is 8.07. The van der Waals surface area contributed by atoms with Gasteiger partial charge in [-0.1, -0.05) is 18.6 Å². The molecule has 3 rings (SSSR count). The van der Waals surface area contributed by atoms with Crippen LogP contribution in [0.1, 0.15) is 59.3 Å². The molecule has 1 aromatic rings. The normalized spacial score (nSPS) is 21.0. The predicted molar refractivity (Wildman–Crippen MR) is 89.2 cm³/mol. The Morgan fingerprint density at radius 1 is 1.18 bits per heavy atom. The van der Waals surface area contributed by atoms with Gasteiger partial charge in [0.1, 0.15) is 5.00 Å². The van der Waals surface area contributed by atoms with Crippen LogP contribution in [0.25, 0.3) is 0 Å². The van der Waals surface area contributed by atoms with E-state index in [1.54, 1.807) is 11.3 Å². The molecular formula is C17H22N2O2S. The lowest BCUT2D eigenvalue weighted by atomic mass is 9.93. The molecule has 2 aliphatic rings. The van der Waals surface area contributed by atoms with E-state index in [9.17, 15) is 9.59 Å². The summed E-state index contributed by atoms with van der Waals surface area (Å²) in [5.74, 6) is -0.394. The van der Waals surface area contributed by atoms with E-state index in [4.69, 9.17) is 5.73 Å². The Morgan fingerprint density at radius 2 is 2.00 bits per heavy atom. The van der Waals surface area contributed by atoms with Crippen LogP contribution in [0.5, 0.6) is 0 Å². The first-order valence-corrected chi connectivity index (χ1v) is 8.88. The molecule has 1 heterocycles. The van der Waals surface area contributed by atoms with E-state index in [0.717, 1.165) is 50.5 Å². The molecule has 2 aliphatic carbocycles. The summed E-state index contributed by atoms with van der Waals surface area (Å²) in [5, 5.41) is 3.65. The maximum absolute atomic E-state index is 12.4. The Labute approximate surface area is 134 Å².